The van der Waals surface area contributed by atoms with Gasteiger partial charge in [0.15, 0.2) is 0 Å². The van der Waals surface area contributed by atoms with Crippen LogP contribution in [-0.4, -0.2) is 32.2 Å². The first-order valence-corrected chi connectivity index (χ1v) is 8.73. The number of aryl methyl sites for hydroxylation is 2. The van der Waals surface area contributed by atoms with Gasteiger partial charge in [-0.05, 0) is 41.7 Å². The first-order chi connectivity index (χ1) is 12.2. The summed E-state index contributed by atoms with van der Waals surface area (Å²) >= 11 is 0. The Morgan fingerprint density at radius 2 is 1.37 bits per heavy atom. The molecule has 1 amide bonds. The summed E-state index contributed by atoms with van der Waals surface area (Å²) in [7, 11) is 0. The highest BCUT2D eigenvalue weighted by atomic mass is 35.5. The topological polar surface area (TPSA) is 67.6 Å². The van der Waals surface area contributed by atoms with E-state index < -0.39 is 0 Å². The minimum Gasteiger partial charge on any atom is -0.378 e. The third kappa shape index (κ3) is 7.03. The molecule has 0 spiro atoms. The molecule has 0 bridgehead atoms. The third-order valence-corrected chi connectivity index (χ3v) is 4.56. The maximum absolute atomic E-state index is 11.3. The smallest absolute Gasteiger partial charge is 0.238 e. The molecular formula is C20H27Cl2N3O2. The Morgan fingerprint density at radius 1 is 0.889 bits per heavy atom. The van der Waals surface area contributed by atoms with Crippen LogP contribution < -0.4 is 16.2 Å². The maximum Gasteiger partial charge on any atom is 0.238 e. The maximum atomic E-state index is 11.3. The molecule has 3 N–H and O–H groups in total. The van der Waals surface area contributed by atoms with Crippen molar-refractivity contribution in [2.75, 3.05) is 31.2 Å². The number of nitrogens with zero attached hydrogens (tertiary/aromatic N) is 1. The Labute approximate surface area is 173 Å². The second-order valence-electron chi connectivity index (χ2n) is 6.33. The van der Waals surface area contributed by atoms with E-state index in [1.54, 1.807) is 0 Å². The van der Waals surface area contributed by atoms with Crippen LogP contribution in [0.1, 0.15) is 16.7 Å². The van der Waals surface area contributed by atoms with Gasteiger partial charge in [-0.3, -0.25) is 10.2 Å². The number of hydrogen-bond acceptors (Lipinski definition) is 4. The molecule has 1 fully saturated rings. The molecule has 0 aromatic heterocycles. The largest absolute Gasteiger partial charge is 0.378 e. The molecule has 27 heavy (non-hydrogen) atoms. The summed E-state index contributed by atoms with van der Waals surface area (Å²) in [5.41, 5.74) is 7.01. The lowest BCUT2D eigenvalue weighted by Gasteiger charge is -2.28. The fourth-order valence-electron chi connectivity index (χ4n) is 3.04. The Morgan fingerprint density at radius 3 is 1.89 bits per heavy atom. The summed E-state index contributed by atoms with van der Waals surface area (Å²) in [6.07, 6.45) is 2.31. The van der Waals surface area contributed by atoms with Gasteiger partial charge in [-0.2, -0.15) is 0 Å². The van der Waals surface area contributed by atoms with Crippen molar-refractivity contribution in [1.29, 1.82) is 0 Å². The molecule has 0 unspecified atom stereocenters. The number of anilines is 1. The SMILES string of the molecule is Cl.Cl.NNC(=O)Cc1ccc(CCc2ccc(N3CCOCC3)cc2)cc1. The Kier molecular flexibility index (Phi) is 10.2. The minimum absolute atomic E-state index is 0. The van der Waals surface area contributed by atoms with Gasteiger partial charge in [0.1, 0.15) is 0 Å². The lowest BCUT2D eigenvalue weighted by Crippen LogP contribution is -2.36. The zero-order valence-corrected chi connectivity index (χ0v) is 16.9. The van der Waals surface area contributed by atoms with Crippen LogP contribution >= 0.6 is 24.8 Å². The minimum atomic E-state index is -0.173. The highest BCUT2D eigenvalue weighted by molar-refractivity contribution is 5.85. The Balaban J connectivity index is 0.00000182. The molecule has 1 saturated heterocycles. The standard InChI is InChI=1S/C20H25N3O2.2ClH/c21-22-20(24)15-18-5-3-16(4-6-18)1-2-17-7-9-19(10-8-17)23-11-13-25-14-12-23;;/h3-10H,1-2,11-15,21H2,(H,22,24);2*1H. The van der Waals surface area contributed by atoms with Crippen LogP contribution in [0, 0.1) is 0 Å². The molecule has 7 heteroatoms. The Hall–Kier alpha value is -1.79. The van der Waals surface area contributed by atoms with Crippen LogP contribution in [-0.2, 0) is 28.8 Å². The second-order valence-corrected chi connectivity index (χ2v) is 6.33. The van der Waals surface area contributed by atoms with Gasteiger partial charge in [0, 0.05) is 18.8 Å². The lowest BCUT2D eigenvalue weighted by atomic mass is 10.0. The number of morpholine rings is 1. The van der Waals surface area contributed by atoms with Crippen molar-refractivity contribution in [1.82, 2.24) is 5.43 Å². The van der Waals surface area contributed by atoms with Gasteiger partial charge < -0.3 is 9.64 Å². The molecule has 0 saturated carbocycles. The molecule has 2 aromatic rings. The van der Waals surface area contributed by atoms with E-state index in [1.807, 2.05) is 12.1 Å². The summed E-state index contributed by atoms with van der Waals surface area (Å²) in [5, 5.41) is 0. The molecule has 148 valence electrons. The first-order valence-electron chi connectivity index (χ1n) is 8.73. The van der Waals surface area contributed by atoms with Gasteiger partial charge in [0.25, 0.3) is 0 Å². The summed E-state index contributed by atoms with van der Waals surface area (Å²) in [4.78, 5) is 13.6. The highest BCUT2D eigenvalue weighted by Gasteiger charge is 2.10. The fraction of sp³-hybridized carbons (Fsp3) is 0.350. The van der Waals surface area contributed by atoms with E-state index in [0.29, 0.717) is 6.42 Å². The van der Waals surface area contributed by atoms with Crippen molar-refractivity contribution in [3.05, 3.63) is 65.2 Å². The number of carbonyl (C=O) groups excluding carboxylic acids is 1. The van der Waals surface area contributed by atoms with Crippen molar-refractivity contribution >= 4 is 36.4 Å². The van der Waals surface area contributed by atoms with Gasteiger partial charge in [0.2, 0.25) is 5.91 Å². The van der Waals surface area contributed by atoms with Crippen LogP contribution in [0.25, 0.3) is 0 Å². The van der Waals surface area contributed by atoms with Crippen molar-refractivity contribution in [3.8, 4) is 0 Å². The molecule has 3 rings (SSSR count). The van der Waals surface area contributed by atoms with E-state index in [1.165, 1.54) is 16.8 Å². The van der Waals surface area contributed by atoms with E-state index in [-0.39, 0.29) is 30.7 Å². The van der Waals surface area contributed by atoms with Gasteiger partial charge >= 0.3 is 0 Å². The molecule has 0 aliphatic carbocycles. The third-order valence-electron chi connectivity index (χ3n) is 4.56. The quantitative estimate of drug-likeness (QED) is 0.435. The number of rotatable bonds is 6. The van der Waals surface area contributed by atoms with E-state index >= 15 is 0 Å². The van der Waals surface area contributed by atoms with E-state index in [0.717, 1.165) is 44.7 Å². The molecule has 2 aromatic carbocycles. The van der Waals surface area contributed by atoms with Crippen LogP contribution in [0.4, 0.5) is 5.69 Å². The zero-order valence-electron chi connectivity index (χ0n) is 15.2. The van der Waals surface area contributed by atoms with Crippen molar-refractivity contribution in [3.63, 3.8) is 0 Å². The van der Waals surface area contributed by atoms with Crippen molar-refractivity contribution in [2.45, 2.75) is 19.3 Å². The van der Waals surface area contributed by atoms with Gasteiger partial charge in [0.05, 0.1) is 19.6 Å². The van der Waals surface area contributed by atoms with E-state index in [2.05, 4.69) is 46.7 Å². The average molecular weight is 412 g/mol. The predicted octanol–water partition coefficient (Wildman–Crippen LogP) is 2.68. The summed E-state index contributed by atoms with van der Waals surface area (Å²) in [6, 6.07) is 17.0. The molecule has 1 aliphatic heterocycles. The number of halogens is 2. The number of hydrogen-bond donors (Lipinski definition) is 2. The molecule has 5 nitrogen and oxygen atoms in total. The fourth-order valence-corrected chi connectivity index (χ4v) is 3.04. The van der Waals surface area contributed by atoms with Gasteiger partial charge in [-0.25, -0.2) is 5.84 Å². The number of amides is 1. The second kappa shape index (κ2) is 11.8. The Bertz CT molecular complexity index is 687. The van der Waals surface area contributed by atoms with Crippen LogP contribution in [0.5, 0.6) is 0 Å². The predicted molar refractivity (Wildman–Crippen MR) is 114 cm³/mol. The summed E-state index contributed by atoms with van der Waals surface area (Å²) in [5.74, 6) is 4.94. The van der Waals surface area contributed by atoms with Gasteiger partial charge in [-0.1, -0.05) is 36.4 Å². The van der Waals surface area contributed by atoms with Crippen LogP contribution in [0.3, 0.4) is 0 Å². The molecule has 0 radical (unpaired) electrons. The summed E-state index contributed by atoms with van der Waals surface area (Å²) < 4.78 is 5.40. The van der Waals surface area contributed by atoms with Crippen molar-refractivity contribution in [2.24, 2.45) is 5.84 Å². The van der Waals surface area contributed by atoms with Gasteiger partial charge in [-0.15, -0.1) is 24.8 Å². The number of nitrogens with one attached hydrogen (secondary N) is 1. The number of hydrazine groups is 1. The van der Waals surface area contributed by atoms with Crippen LogP contribution in [0.15, 0.2) is 48.5 Å². The number of benzene rings is 2. The molecule has 0 atom stereocenters. The number of nitrogens with two attached hydrogens (primary N) is 1. The number of carbonyl (C=O) groups is 1. The first kappa shape index (κ1) is 23.2. The normalized spacial score (nSPS) is 13.3. The highest BCUT2D eigenvalue weighted by Crippen LogP contribution is 2.18. The lowest BCUT2D eigenvalue weighted by molar-refractivity contribution is -0.120. The molecule has 1 aliphatic rings. The zero-order chi connectivity index (χ0) is 17.5. The van der Waals surface area contributed by atoms with Crippen LogP contribution in [0.2, 0.25) is 0 Å². The summed E-state index contributed by atoms with van der Waals surface area (Å²) in [6.45, 7) is 3.55. The van der Waals surface area contributed by atoms with Crippen molar-refractivity contribution < 1.29 is 9.53 Å². The van der Waals surface area contributed by atoms with E-state index in [4.69, 9.17) is 10.6 Å². The van der Waals surface area contributed by atoms with E-state index in [9.17, 15) is 4.79 Å². The monoisotopic (exact) mass is 411 g/mol. The molecule has 1 heterocycles. The number of ether oxygens (including phenoxy) is 1. The average Bonchev–Trinajstić information content (AvgIpc) is 2.68. The molecular weight excluding hydrogens is 385 g/mol.